The van der Waals surface area contributed by atoms with Gasteiger partial charge in [0.05, 0.1) is 0 Å². The van der Waals surface area contributed by atoms with Gasteiger partial charge in [-0.25, -0.2) is 0 Å². The van der Waals surface area contributed by atoms with Gasteiger partial charge in [0, 0.05) is 24.2 Å². The molecule has 0 aliphatic carbocycles. The van der Waals surface area contributed by atoms with Gasteiger partial charge in [0.1, 0.15) is 6.04 Å². The van der Waals surface area contributed by atoms with E-state index >= 15 is 0 Å². The van der Waals surface area contributed by atoms with Crippen molar-refractivity contribution in [2.45, 2.75) is 32.4 Å². The highest BCUT2D eigenvalue weighted by Gasteiger charge is 2.38. The lowest BCUT2D eigenvalue weighted by Crippen LogP contribution is -2.55. The van der Waals surface area contributed by atoms with Crippen molar-refractivity contribution in [1.82, 2.24) is 9.80 Å². The third-order valence-corrected chi connectivity index (χ3v) is 4.77. The molecule has 0 bridgehead atoms. The van der Waals surface area contributed by atoms with Crippen molar-refractivity contribution in [3.05, 3.63) is 34.9 Å². The largest absolute Gasteiger partial charge is 0.340 e. The number of halogens is 1. The summed E-state index contributed by atoms with van der Waals surface area (Å²) in [6.45, 7) is 5.66. The Labute approximate surface area is 138 Å². The number of benzene rings is 1. The Balaban J connectivity index is 2.24. The summed E-state index contributed by atoms with van der Waals surface area (Å²) in [6, 6.07) is 7.35. The molecule has 1 aliphatic rings. The Morgan fingerprint density at radius 3 is 2.68 bits per heavy atom. The van der Waals surface area contributed by atoms with Crippen LogP contribution in [0.3, 0.4) is 0 Å². The van der Waals surface area contributed by atoms with Crippen molar-refractivity contribution in [2.75, 3.05) is 27.2 Å². The predicted molar refractivity (Wildman–Crippen MR) is 90.8 cm³/mol. The summed E-state index contributed by atoms with van der Waals surface area (Å²) < 4.78 is 0. The number of carbonyl (C=O) groups is 1. The molecule has 122 valence electrons. The Morgan fingerprint density at radius 2 is 2.14 bits per heavy atom. The van der Waals surface area contributed by atoms with E-state index in [9.17, 15) is 4.79 Å². The van der Waals surface area contributed by atoms with E-state index < -0.39 is 0 Å². The highest BCUT2D eigenvalue weighted by Crippen LogP contribution is 2.31. The van der Waals surface area contributed by atoms with Gasteiger partial charge in [0.2, 0.25) is 5.91 Å². The molecule has 2 unspecified atom stereocenters. The van der Waals surface area contributed by atoms with E-state index in [4.69, 9.17) is 17.3 Å². The summed E-state index contributed by atoms with van der Waals surface area (Å²) >= 11 is 6.09. The molecule has 0 saturated carbocycles. The molecule has 1 aromatic carbocycles. The first-order chi connectivity index (χ1) is 10.2. The molecule has 1 amide bonds. The number of rotatable bonds is 3. The topological polar surface area (TPSA) is 49.6 Å². The number of hydrogen-bond donors (Lipinski definition) is 1. The van der Waals surface area contributed by atoms with Crippen molar-refractivity contribution in [2.24, 2.45) is 11.1 Å². The van der Waals surface area contributed by atoms with Gasteiger partial charge in [-0.05, 0) is 43.6 Å². The van der Waals surface area contributed by atoms with Crippen molar-refractivity contribution in [1.29, 1.82) is 0 Å². The smallest absolute Gasteiger partial charge is 0.244 e. The second-order valence-electron chi connectivity index (χ2n) is 7.06. The molecule has 1 aromatic rings. The first-order valence-electron chi connectivity index (χ1n) is 7.68. The molecule has 0 aromatic heterocycles. The second-order valence-corrected chi connectivity index (χ2v) is 7.50. The minimum atomic E-state index is -0.316. The van der Waals surface area contributed by atoms with E-state index in [-0.39, 0.29) is 23.4 Å². The lowest BCUT2D eigenvalue weighted by atomic mass is 9.79. The minimum Gasteiger partial charge on any atom is -0.340 e. The van der Waals surface area contributed by atoms with E-state index in [1.165, 1.54) is 0 Å². The molecule has 5 heteroatoms. The molecule has 4 nitrogen and oxygen atoms in total. The number of likely N-dealkylation sites (tertiary alicyclic amines) is 1. The summed E-state index contributed by atoms with van der Waals surface area (Å²) in [4.78, 5) is 16.9. The number of likely N-dealkylation sites (N-methyl/N-ethyl adjacent to an activating group) is 1. The predicted octanol–water partition coefficient (Wildman–Crippen LogP) is 2.53. The van der Waals surface area contributed by atoms with Gasteiger partial charge in [0.15, 0.2) is 0 Å². The lowest BCUT2D eigenvalue weighted by Gasteiger charge is -2.44. The maximum Gasteiger partial charge on any atom is 0.244 e. The van der Waals surface area contributed by atoms with Gasteiger partial charge in [0.25, 0.3) is 0 Å². The first kappa shape index (κ1) is 17.3. The third kappa shape index (κ3) is 3.62. The van der Waals surface area contributed by atoms with Crippen molar-refractivity contribution in [3.8, 4) is 0 Å². The minimum absolute atomic E-state index is 0.0564. The Bertz CT molecular complexity index is 544. The number of carbonyl (C=O) groups excluding carboxylic acids is 1. The van der Waals surface area contributed by atoms with Gasteiger partial charge in [-0.15, -0.1) is 0 Å². The second kappa shape index (κ2) is 6.57. The fraction of sp³-hybridized carbons (Fsp3) is 0.588. The van der Waals surface area contributed by atoms with Crippen LogP contribution in [0.4, 0.5) is 0 Å². The normalized spacial score (nSPS) is 22.7. The van der Waals surface area contributed by atoms with Crippen LogP contribution in [0, 0.1) is 5.41 Å². The highest BCUT2D eigenvalue weighted by atomic mass is 35.5. The van der Waals surface area contributed by atoms with Crippen LogP contribution in [0.2, 0.25) is 5.02 Å². The van der Waals surface area contributed by atoms with E-state index in [2.05, 4.69) is 13.8 Å². The van der Waals surface area contributed by atoms with Crippen molar-refractivity contribution >= 4 is 17.5 Å². The van der Waals surface area contributed by atoms with Crippen molar-refractivity contribution in [3.63, 3.8) is 0 Å². The van der Waals surface area contributed by atoms with Crippen LogP contribution in [0.5, 0.6) is 0 Å². The average Bonchev–Trinajstić information content (AvgIpc) is 2.41. The number of nitrogens with zero attached hydrogens (tertiary/aromatic N) is 2. The van der Waals surface area contributed by atoms with Crippen molar-refractivity contribution < 1.29 is 4.79 Å². The first-order valence-corrected chi connectivity index (χ1v) is 8.06. The molecule has 1 fully saturated rings. The summed E-state index contributed by atoms with van der Waals surface area (Å²) in [6.07, 6.45) is 0.842. The summed E-state index contributed by atoms with van der Waals surface area (Å²) in [5.74, 6) is 0.118. The maximum absolute atomic E-state index is 13.0. The summed E-state index contributed by atoms with van der Waals surface area (Å²) in [5.41, 5.74) is 7.05. The Hall–Kier alpha value is -1.10. The molecule has 22 heavy (non-hydrogen) atoms. The van der Waals surface area contributed by atoms with Crippen LogP contribution in [-0.4, -0.2) is 48.9 Å². The Kier molecular flexibility index (Phi) is 5.15. The molecule has 1 heterocycles. The lowest BCUT2D eigenvalue weighted by molar-refractivity contribution is -0.139. The molecular weight excluding hydrogens is 298 g/mol. The van der Waals surface area contributed by atoms with Crippen LogP contribution in [0.25, 0.3) is 0 Å². The van der Waals surface area contributed by atoms with Crippen LogP contribution >= 0.6 is 11.6 Å². The SMILES string of the molecule is CN(C)C(C(=O)N1CCC(N)C(C)(C)C1)c1cccc(Cl)c1. The van der Waals surface area contributed by atoms with Crippen LogP contribution < -0.4 is 5.73 Å². The zero-order valence-electron chi connectivity index (χ0n) is 13.8. The standard InChI is InChI=1S/C17H26ClN3O/c1-17(2)11-21(9-8-14(17)19)16(22)15(20(3)4)12-6-5-7-13(18)10-12/h5-7,10,14-15H,8-9,11,19H2,1-4H3. The fourth-order valence-electron chi connectivity index (χ4n) is 3.07. The molecule has 0 radical (unpaired) electrons. The highest BCUT2D eigenvalue weighted by molar-refractivity contribution is 6.30. The van der Waals surface area contributed by atoms with Crippen LogP contribution in [0.1, 0.15) is 31.9 Å². The zero-order chi connectivity index (χ0) is 16.5. The van der Waals surface area contributed by atoms with E-state index in [0.29, 0.717) is 18.1 Å². The van der Waals surface area contributed by atoms with E-state index in [1.807, 2.05) is 48.2 Å². The molecule has 1 aliphatic heterocycles. The summed E-state index contributed by atoms with van der Waals surface area (Å²) in [7, 11) is 3.84. The molecule has 2 N–H and O–H groups in total. The number of amides is 1. The molecular formula is C17H26ClN3O. The van der Waals surface area contributed by atoms with Gasteiger partial charge < -0.3 is 10.6 Å². The maximum atomic E-state index is 13.0. The fourth-order valence-corrected chi connectivity index (χ4v) is 3.27. The monoisotopic (exact) mass is 323 g/mol. The van der Waals surface area contributed by atoms with Gasteiger partial charge >= 0.3 is 0 Å². The molecule has 1 saturated heterocycles. The number of nitrogens with two attached hydrogens (primary N) is 1. The van der Waals surface area contributed by atoms with Gasteiger partial charge in [-0.2, -0.15) is 0 Å². The zero-order valence-corrected chi connectivity index (χ0v) is 14.6. The quantitative estimate of drug-likeness (QED) is 0.930. The van der Waals surface area contributed by atoms with E-state index in [1.54, 1.807) is 0 Å². The molecule has 2 rings (SSSR count). The summed E-state index contributed by atoms with van der Waals surface area (Å²) in [5, 5.41) is 0.651. The molecule has 0 spiro atoms. The van der Waals surface area contributed by atoms with Crippen LogP contribution in [0.15, 0.2) is 24.3 Å². The van der Waals surface area contributed by atoms with Gasteiger partial charge in [-0.3, -0.25) is 9.69 Å². The van der Waals surface area contributed by atoms with Crippen LogP contribution in [-0.2, 0) is 4.79 Å². The van der Waals surface area contributed by atoms with E-state index in [0.717, 1.165) is 12.0 Å². The third-order valence-electron chi connectivity index (χ3n) is 4.54. The number of piperidine rings is 1. The van der Waals surface area contributed by atoms with Gasteiger partial charge in [-0.1, -0.05) is 37.6 Å². The Morgan fingerprint density at radius 1 is 1.45 bits per heavy atom. The number of hydrogen-bond acceptors (Lipinski definition) is 3. The molecule has 2 atom stereocenters. The average molecular weight is 324 g/mol.